The summed E-state index contributed by atoms with van der Waals surface area (Å²) in [6.07, 6.45) is -1.38. The maximum absolute atomic E-state index is 12.3. The maximum atomic E-state index is 12.3. The molecule has 9 heteroatoms. The summed E-state index contributed by atoms with van der Waals surface area (Å²) in [4.78, 5) is 11.2. The molecule has 0 saturated carbocycles. The van der Waals surface area contributed by atoms with Crippen LogP contribution >= 0.6 is 0 Å². The second-order valence-electron chi connectivity index (χ2n) is 3.30. The molecule has 0 amide bonds. The number of β-amino-alcohol motifs (C(OH)–C–C–N with tert-alkyl or cyclic N) is 1. The van der Waals surface area contributed by atoms with E-state index in [-0.39, 0.29) is 10.7 Å². The summed E-state index contributed by atoms with van der Waals surface area (Å²) in [6, 6.07) is -1.38. The highest BCUT2D eigenvalue weighted by atomic mass is 32.2. The SMILES string of the molecule is COC(=O)C1CC(O)CN1S(=O)(=O)C(F)F. The van der Waals surface area contributed by atoms with E-state index < -0.39 is 40.4 Å². The van der Waals surface area contributed by atoms with E-state index in [1.807, 2.05) is 0 Å². The number of hydrogen-bond donors (Lipinski definition) is 1. The first-order valence-corrected chi connectivity index (χ1v) is 5.85. The Kier molecular flexibility index (Phi) is 3.81. The lowest BCUT2D eigenvalue weighted by Gasteiger charge is -2.20. The Morgan fingerprint density at radius 2 is 2.12 bits per heavy atom. The van der Waals surface area contributed by atoms with Crippen molar-refractivity contribution >= 4 is 16.0 Å². The molecular weight excluding hydrogens is 248 g/mol. The minimum atomic E-state index is -4.87. The van der Waals surface area contributed by atoms with Gasteiger partial charge in [-0.05, 0) is 0 Å². The van der Waals surface area contributed by atoms with Gasteiger partial charge < -0.3 is 9.84 Å². The van der Waals surface area contributed by atoms with Crippen molar-refractivity contribution in [2.75, 3.05) is 13.7 Å². The van der Waals surface area contributed by atoms with E-state index in [0.29, 0.717) is 0 Å². The minimum absolute atomic E-state index is 0.237. The van der Waals surface area contributed by atoms with Gasteiger partial charge in [-0.15, -0.1) is 0 Å². The molecule has 1 rings (SSSR count). The fourth-order valence-electron chi connectivity index (χ4n) is 1.52. The van der Waals surface area contributed by atoms with Crippen LogP contribution < -0.4 is 0 Å². The Hall–Kier alpha value is -0.800. The molecule has 0 aliphatic carbocycles. The first-order chi connectivity index (χ1) is 7.30. The van der Waals surface area contributed by atoms with Crippen LogP contribution in [0.1, 0.15) is 6.42 Å². The Labute approximate surface area is 90.8 Å². The van der Waals surface area contributed by atoms with Crippen molar-refractivity contribution in [1.82, 2.24) is 4.31 Å². The van der Waals surface area contributed by atoms with Crippen LogP contribution in [0.3, 0.4) is 0 Å². The lowest BCUT2D eigenvalue weighted by atomic mass is 10.2. The average Bonchev–Trinajstić information content (AvgIpc) is 2.59. The summed E-state index contributed by atoms with van der Waals surface area (Å²) in [5, 5.41) is 9.20. The van der Waals surface area contributed by atoms with Crippen LogP contribution in [-0.2, 0) is 19.6 Å². The molecule has 1 aliphatic rings. The van der Waals surface area contributed by atoms with Crippen LogP contribution in [0.25, 0.3) is 0 Å². The number of methoxy groups -OCH3 is 1. The highest BCUT2D eigenvalue weighted by molar-refractivity contribution is 7.89. The zero-order chi connectivity index (χ0) is 12.5. The second kappa shape index (κ2) is 4.60. The van der Waals surface area contributed by atoms with E-state index in [2.05, 4.69) is 4.74 Å². The first-order valence-electron chi connectivity index (χ1n) is 4.35. The molecule has 0 radical (unpaired) electrons. The molecule has 94 valence electrons. The molecule has 0 bridgehead atoms. The highest BCUT2D eigenvalue weighted by Gasteiger charge is 2.46. The molecule has 1 fully saturated rings. The van der Waals surface area contributed by atoms with Crippen LogP contribution in [-0.4, -0.2) is 55.4 Å². The third kappa shape index (κ3) is 2.30. The van der Waals surface area contributed by atoms with Gasteiger partial charge in [0.25, 0.3) is 10.0 Å². The van der Waals surface area contributed by atoms with Crippen molar-refractivity contribution in [3.8, 4) is 0 Å². The molecule has 1 aliphatic heterocycles. The van der Waals surface area contributed by atoms with E-state index in [1.54, 1.807) is 0 Å². The number of carbonyl (C=O) groups is 1. The van der Waals surface area contributed by atoms with Gasteiger partial charge in [0.1, 0.15) is 6.04 Å². The Balaban J connectivity index is 2.98. The monoisotopic (exact) mass is 259 g/mol. The Morgan fingerprint density at radius 1 is 1.56 bits per heavy atom. The van der Waals surface area contributed by atoms with Gasteiger partial charge in [0.15, 0.2) is 0 Å². The number of halogens is 2. The van der Waals surface area contributed by atoms with E-state index in [4.69, 9.17) is 0 Å². The number of rotatable bonds is 3. The third-order valence-electron chi connectivity index (χ3n) is 2.26. The Morgan fingerprint density at radius 3 is 2.56 bits per heavy atom. The molecule has 1 saturated heterocycles. The number of alkyl halides is 2. The van der Waals surface area contributed by atoms with Crippen molar-refractivity contribution in [3.63, 3.8) is 0 Å². The largest absolute Gasteiger partial charge is 0.468 e. The van der Waals surface area contributed by atoms with Crippen molar-refractivity contribution in [2.24, 2.45) is 0 Å². The standard InChI is InChI=1S/C7H11F2NO5S/c1-15-6(12)5-2-4(11)3-10(5)16(13,14)7(8)9/h4-5,7,11H,2-3H2,1H3. The van der Waals surface area contributed by atoms with Crippen LogP contribution in [0.15, 0.2) is 0 Å². The average molecular weight is 259 g/mol. The van der Waals surface area contributed by atoms with Crippen LogP contribution in [0.2, 0.25) is 0 Å². The van der Waals surface area contributed by atoms with Gasteiger partial charge in [-0.1, -0.05) is 0 Å². The minimum Gasteiger partial charge on any atom is -0.468 e. The molecule has 2 atom stereocenters. The van der Waals surface area contributed by atoms with Crippen molar-refractivity contribution in [3.05, 3.63) is 0 Å². The predicted octanol–water partition coefficient (Wildman–Crippen LogP) is -0.853. The summed E-state index contributed by atoms with van der Waals surface area (Å²) >= 11 is 0. The number of sulfonamides is 1. The third-order valence-corrected chi connectivity index (χ3v) is 3.77. The summed E-state index contributed by atoms with van der Waals surface area (Å²) in [6.45, 7) is -0.521. The maximum Gasteiger partial charge on any atom is 0.350 e. The topological polar surface area (TPSA) is 83.9 Å². The molecule has 0 aromatic heterocycles. The smallest absolute Gasteiger partial charge is 0.350 e. The first kappa shape index (κ1) is 13.3. The van der Waals surface area contributed by atoms with Gasteiger partial charge >= 0.3 is 11.7 Å². The molecule has 1 N–H and O–H groups in total. The summed E-state index contributed by atoms with van der Waals surface area (Å²) < 4.78 is 51.4. The quantitative estimate of drug-likeness (QED) is 0.667. The Bertz CT molecular complexity index is 371. The zero-order valence-electron chi connectivity index (χ0n) is 8.34. The van der Waals surface area contributed by atoms with E-state index >= 15 is 0 Å². The molecule has 0 spiro atoms. The molecule has 2 unspecified atom stereocenters. The predicted molar refractivity (Wildman–Crippen MR) is 48.1 cm³/mol. The lowest BCUT2D eigenvalue weighted by molar-refractivity contribution is -0.144. The van der Waals surface area contributed by atoms with Gasteiger partial charge in [0, 0.05) is 13.0 Å². The molecule has 16 heavy (non-hydrogen) atoms. The molecule has 1 heterocycles. The number of nitrogens with zero attached hydrogens (tertiary/aromatic N) is 1. The zero-order valence-corrected chi connectivity index (χ0v) is 9.15. The summed E-state index contributed by atoms with van der Waals surface area (Å²) in [5.74, 6) is -4.58. The number of hydrogen-bond acceptors (Lipinski definition) is 5. The van der Waals surface area contributed by atoms with Crippen molar-refractivity contribution in [2.45, 2.75) is 24.3 Å². The van der Waals surface area contributed by atoms with Crippen molar-refractivity contribution in [1.29, 1.82) is 0 Å². The normalized spacial score (nSPS) is 27.3. The fraction of sp³-hybridized carbons (Fsp3) is 0.857. The highest BCUT2D eigenvalue weighted by Crippen LogP contribution is 2.25. The van der Waals surface area contributed by atoms with E-state index in [9.17, 15) is 27.1 Å². The molecule has 0 aromatic carbocycles. The van der Waals surface area contributed by atoms with Crippen molar-refractivity contribution < 1.29 is 31.8 Å². The number of aliphatic hydroxyl groups is 1. The second-order valence-corrected chi connectivity index (χ2v) is 5.16. The van der Waals surface area contributed by atoms with E-state index in [0.717, 1.165) is 7.11 Å². The summed E-state index contributed by atoms with van der Waals surface area (Å²) in [7, 11) is -3.86. The lowest BCUT2D eigenvalue weighted by Crippen LogP contribution is -2.43. The van der Waals surface area contributed by atoms with Gasteiger partial charge in [-0.2, -0.15) is 13.1 Å². The van der Waals surface area contributed by atoms with Gasteiger partial charge in [0.05, 0.1) is 13.2 Å². The molecule has 6 nitrogen and oxygen atoms in total. The van der Waals surface area contributed by atoms with Gasteiger partial charge in [-0.3, -0.25) is 4.79 Å². The van der Waals surface area contributed by atoms with Gasteiger partial charge in [-0.25, -0.2) is 8.42 Å². The number of carbonyl (C=O) groups excluding carboxylic acids is 1. The fourth-order valence-corrected chi connectivity index (χ4v) is 2.63. The van der Waals surface area contributed by atoms with Crippen LogP contribution in [0, 0.1) is 0 Å². The van der Waals surface area contributed by atoms with Gasteiger partial charge in [0.2, 0.25) is 0 Å². The number of aliphatic hydroxyl groups excluding tert-OH is 1. The van der Waals surface area contributed by atoms with Crippen LogP contribution in [0.4, 0.5) is 8.78 Å². The van der Waals surface area contributed by atoms with E-state index in [1.165, 1.54) is 0 Å². The van der Waals surface area contributed by atoms with Crippen LogP contribution in [0.5, 0.6) is 0 Å². The molecule has 0 aromatic rings. The number of ether oxygens (including phenoxy) is 1. The summed E-state index contributed by atoms with van der Waals surface area (Å²) in [5.41, 5.74) is 0. The molecular formula is C7H11F2NO5S. The number of esters is 1.